The first-order chi connectivity index (χ1) is 21.9. The number of carbonyl (C=O) groups is 1. The molecule has 0 saturated carbocycles. The molecule has 0 unspecified atom stereocenters. The maximum Gasteiger partial charge on any atom is 0.337 e. The largest absolute Gasteiger partial charge is 0.492 e. The summed E-state index contributed by atoms with van der Waals surface area (Å²) >= 11 is 0. The van der Waals surface area contributed by atoms with Gasteiger partial charge in [-0.25, -0.2) is 23.2 Å². The molecule has 12 heteroatoms. The number of nitrogens with zero attached hydrogens (tertiary/aromatic N) is 6. The second-order valence-corrected chi connectivity index (χ2v) is 11.2. The van der Waals surface area contributed by atoms with E-state index in [9.17, 15) is 18.8 Å². The third kappa shape index (κ3) is 6.44. The topological polar surface area (TPSA) is 106 Å². The van der Waals surface area contributed by atoms with Crippen molar-refractivity contribution in [3.8, 4) is 11.8 Å². The Balaban J connectivity index is 1.09. The Morgan fingerprint density at radius 1 is 1.04 bits per heavy atom. The van der Waals surface area contributed by atoms with Gasteiger partial charge >= 0.3 is 5.97 Å². The van der Waals surface area contributed by atoms with Gasteiger partial charge in [0.15, 0.2) is 0 Å². The Morgan fingerprint density at radius 2 is 1.78 bits per heavy atom. The predicted molar refractivity (Wildman–Crippen MR) is 161 cm³/mol. The van der Waals surface area contributed by atoms with Crippen LogP contribution in [0.1, 0.15) is 27.9 Å². The van der Waals surface area contributed by atoms with Crippen LogP contribution in [0, 0.1) is 28.9 Å². The molecule has 0 amide bonds. The van der Waals surface area contributed by atoms with Gasteiger partial charge < -0.3 is 24.0 Å². The van der Waals surface area contributed by atoms with Gasteiger partial charge in [-0.1, -0.05) is 6.07 Å². The number of ether oxygens (including phenoxy) is 3. The first-order valence-corrected chi connectivity index (χ1v) is 14.6. The quantitative estimate of drug-likeness (QED) is 0.251. The van der Waals surface area contributed by atoms with E-state index in [4.69, 9.17) is 14.2 Å². The van der Waals surface area contributed by atoms with Gasteiger partial charge in [-0.3, -0.25) is 0 Å². The molecule has 2 saturated heterocycles. The van der Waals surface area contributed by atoms with E-state index >= 15 is 0 Å². The molecule has 45 heavy (non-hydrogen) atoms. The fraction of sp³-hybridized carbons (Fsp3) is 0.333. The molecule has 2 aliphatic heterocycles. The molecule has 3 heterocycles. The third-order valence-electron chi connectivity index (χ3n) is 8.38. The van der Waals surface area contributed by atoms with Crippen molar-refractivity contribution in [3.05, 3.63) is 102 Å². The van der Waals surface area contributed by atoms with E-state index in [1.807, 2.05) is 30.3 Å². The maximum absolute atomic E-state index is 15.0. The van der Waals surface area contributed by atoms with Crippen LogP contribution >= 0.6 is 0 Å². The second-order valence-electron chi connectivity index (χ2n) is 11.2. The highest BCUT2D eigenvalue weighted by molar-refractivity contribution is 5.89. The van der Waals surface area contributed by atoms with Gasteiger partial charge in [0.2, 0.25) is 0 Å². The standard InChI is InChI=1S/C33H32F2N6O4/c1-43-32(42)24-2-5-27(6-3-24)39-10-12-40(13-11-39)28-7-9-31(25(14-28)17-36)44-18-23-16-33(45-19-23,20-41-22-37-21-38-41)29-8-4-26(34)15-30(29)35/h2-9,14-15,21-23H,10-13,16,18-20H2,1H3/t23-,33+/m1/s1. The molecule has 10 nitrogen and oxygen atoms in total. The van der Waals surface area contributed by atoms with Gasteiger partial charge in [0.25, 0.3) is 0 Å². The molecule has 3 aromatic carbocycles. The molecule has 2 fully saturated rings. The summed E-state index contributed by atoms with van der Waals surface area (Å²) in [6, 6.07) is 18.7. The number of aromatic nitrogens is 3. The Kier molecular flexibility index (Phi) is 8.62. The van der Waals surface area contributed by atoms with Gasteiger partial charge in [-0.05, 0) is 55.0 Å². The smallest absolute Gasteiger partial charge is 0.337 e. The Bertz CT molecular complexity index is 1690. The summed E-state index contributed by atoms with van der Waals surface area (Å²) in [5.41, 5.74) is 2.08. The molecule has 0 bridgehead atoms. The number of methoxy groups -OCH3 is 1. The number of benzene rings is 3. The van der Waals surface area contributed by atoms with E-state index in [0.717, 1.165) is 43.6 Å². The van der Waals surface area contributed by atoms with E-state index < -0.39 is 17.2 Å². The Morgan fingerprint density at radius 3 is 2.44 bits per heavy atom. The zero-order valence-corrected chi connectivity index (χ0v) is 24.7. The van der Waals surface area contributed by atoms with Crippen molar-refractivity contribution in [2.24, 2.45) is 5.92 Å². The molecule has 1 aromatic heterocycles. The molecular formula is C33H32F2N6O4. The molecule has 4 aromatic rings. The van der Waals surface area contributed by atoms with Crippen LogP contribution in [-0.4, -0.2) is 67.2 Å². The minimum absolute atomic E-state index is 0.112. The van der Waals surface area contributed by atoms with E-state index in [1.54, 1.807) is 16.8 Å². The SMILES string of the molecule is COC(=O)c1ccc(N2CCN(c3ccc(OC[C@@H]4CO[C@@](Cn5cncn5)(c5ccc(F)cc5F)C4)c(C#N)c3)CC2)cc1. The summed E-state index contributed by atoms with van der Waals surface area (Å²) in [6.07, 6.45) is 3.33. The van der Waals surface area contributed by atoms with Gasteiger partial charge in [-0.15, -0.1) is 0 Å². The maximum atomic E-state index is 15.0. The van der Waals surface area contributed by atoms with Crippen molar-refractivity contribution < 1.29 is 27.8 Å². The van der Waals surface area contributed by atoms with Crippen molar-refractivity contribution in [2.75, 3.05) is 56.3 Å². The molecule has 0 N–H and O–H groups in total. The first kappa shape index (κ1) is 30.0. The minimum atomic E-state index is -1.08. The lowest BCUT2D eigenvalue weighted by molar-refractivity contribution is -0.0206. The summed E-state index contributed by atoms with van der Waals surface area (Å²) in [5, 5.41) is 14.1. The van der Waals surface area contributed by atoms with Gasteiger partial charge in [0, 0.05) is 55.1 Å². The molecule has 2 atom stereocenters. The van der Waals surface area contributed by atoms with Gasteiger partial charge in [0.05, 0.1) is 38.0 Å². The normalized spacial score (nSPS) is 19.7. The van der Waals surface area contributed by atoms with Crippen molar-refractivity contribution in [2.45, 2.75) is 18.6 Å². The van der Waals surface area contributed by atoms with E-state index in [1.165, 1.54) is 31.9 Å². The Hall–Kier alpha value is -5.02. The number of hydrogen-bond donors (Lipinski definition) is 0. The van der Waals surface area contributed by atoms with Gasteiger partial charge in [-0.2, -0.15) is 10.4 Å². The van der Waals surface area contributed by atoms with Crippen molar-refractivity contribution in [3.63, 3.8) is 0 Å². The number of rotatable bonds is 9. The zero-order chi connectivity index (χ0) is 31.4. The number of piperazine rings is 1. The highest BCUT2D eigenvalue weighted by Gasteiger charge is 2.44. The highest BCUT2D eigenvalue weighted by Crippen LogP contribution is 2.42. The summed E-state index contributed by atoms with van der Waals surface area (Å²) in [6.45, 7) is 3.84. The van der Waals surface area contributed by atoms with Crippen LogP contribution in [0.25, 0.3) is 0 Å². The van der Waals surface area contributed by atoms with Crippen molar-refractivity contribution >= 4 is 17.3 Å². The summed E-state index contributed by atoms with van der Waals surface area (Å²) in [4.78, 5) is 20.2. The molecule has 0 radical (unpaired) electrons. The molecule has 2 aliphatic rings. The summed E-state index contributed by atoms with van der Waals surface area (Å²) in [5.74, 6) is -1.35. The molecule has 0 spiro atoms. The van der Waals surface area contributed by atoms with Crippen LogP contribution in [0.15, 0.2) is 73.3 Å². The summed E-state index contributed by atoms with van der Waals surface area (Å²) < 4.78 is 47.3. The lowest BCUT2D eigenvalue weighted by Gasteiger charge is -2.37. The van der Waals surface area contributed by atoms with Crippen LogP contribution < -0.4 is 14.5 Å². The number of halogens is 2. The highest BCUT2D eigenvalue weighted by atomic mass is 19.1. The minimum Gasteiger partial charge on any atom is -0.492 e. The van der Waals surface area contributed by atoms with Crippen molar-refractivity contribution in [1.82, 2.24) is 14.8 Å². The summed E-state index contributed by atoms with van der Waals surface area (Å²) in [7, 11) is 1.36. The zero-order valence-electron chi connectivity index (χ0n) is 24.7. The molecule has 6 rings (SSSR count). The molecule has 0 aliphatic carbocycles. The van der Waals surface area contributed by atoms with Crippen molar-refractivity contribution in [1.29, 1.82) is 5.26 Å². The Labute approximate surface area is 259 Å². The predicted octanol–water partition coefficient (Wildman–Crippen LogP) is 4.55. The van der Waals surface area contributed by atoms with Crippen LogP contribution in [-0.2, 0) is 21.6 Å². The van der Waals surface area contributed by atoms with Crippen LogP contribution in [0.3, 0.4) is 0 Å². The lowest BCUT2D eigenvalue weighted by atomic mass is 9.87. The van der Waals surface area contributed by atoms with E-state index in [2.05, 4.69) is 26.0 Å². The van der Waals surface area contributed by atoms with Gasteiger partial charge in [0.1, 0.15) is 41.7 Å². The number of nitriles is 1. The first-order valence-electron chi connectivity index (χ1n) is 14.6. The number of esters is 1. The molecule has 232 valence electrons. The third-order valence-corrected chi connectivity index (χ3v) is 8.38. The second kappa shape index (κ2) is 12.9. The fourth-order valence-electron chi connectivity index (χ4n) is 6.07. The number of carbonyl (C=O) groups excluding carboxylic acids is 1. The number of hydrogen-bond acceptors (Lipinski definition) is 9. The van der Waals surface area contributed by atoms with Crippen LogP contribution in [0.5, 0.6) is 5.75 Å². The average Bonchev–Trinajstić information content (AvgIpc) is 3.74. The lowest BCUT2D eigenvalue weighted by Crippen LogP contribution is -2.46. The van der Waals surface area contributed by atoms with E-state index in [0.29, 0.717) is 29.9 Å². The number of anilines is 2. The average molecular weight is 615 g/mol. The monoisotopic (exact) mass is 614 g/mol. The fourth-order valence-corrected chi connectivity index (χ4v) is 6.07. The molecular weight excluding hydrogens is 582 g/mol. The van der Waals surface area contributed by atoms with Crippen LogP contribution in [0.4, 0.5) is 20.2 Å². The van der Waals surface area contributed by atoms with E-state index in [-0.39, 0.29) is 30.6 Å². The van der Waals surface area contributed by atoms with Crippen LogP contribution in [0.2, 0.25) is 0 Å².